The van der Waals surface area contributed by atoms with Crippen molar-refractivity contribution in [2.75, 3.05) is 0 Å². The van der Waals surface area contributed by atoms with Gasteiger partial charge in [0.2, 0.25) is 0 Å². The van der Waals surface area contributed by atoms with Gasteiger partial charge in [-0.15, -0.1) is 5.54 Å². The lowest BCUT2D eigenvalue weighted by Crippen LogP contribution is -2.16. The monoisotopic (exact) mass is 244 g/mol. The third-order valence-corrected chi connectivity index (χ3v) is 3.43. The minimum Gasteiger partial charge on any atom is -0.308 e. The van der Waals surface area contributed by atoms with Crippen molar-refractivity contribution in [1.29, 1.82) is 0 Å². The van der Waals surface area contributed by atoms with E-state index in [0.717, 1.165) is 23.8 Å². The molecule has 1 aliphatic carbocycles. The van der Waals surface area contributed by atoms with Gasteiger partial charge in [-0.1, -0.05) is 25.6 Å². The molecule has 0 saturated heterocycles. The first-order valence-electron chi connectivity index (χ1n) is 6.24. The summed E-state index contributed by atoms with van der Waals surface area (Å²) < 4.78 is 0. The predicted molar refractivity (Wildman–Crippen MR) is 74.3 cm³/mol. The lowest BCUT2D eigenvalue weighted by molar-refractivity contribution is 0.674. The highest BCUT2D eigenvalue weighted by Gasteiger charge is 2.19. The summed E-state index contributed by atoms with van der Waals surface area (Å²) in [5, 5.41) is 3.46. The number of hydrogen-bond donors (Lipinski definition) is 1. The van der Waals surface area contributed by atoms with Crippen LogP contribution in [0, 0.1) is 11.5 Å². The van der Waals surface area contributed by atoms with Gasteiger partial charge in [-0.05, 0) is 25.0 Å². The summed E-state index contributed by atoms with van der Waals surface area (Å²) in [6, 6.07) is 4.89. The van der Waals surface area contributed by atoms with Gasteiger partial charge < -0.3 is 5.32 Å². The van der Waals surface area contributed by atoms with E-state index in [1.807, 2.05) is 6.20 Å². The molecule has 90 valence electrons. The van der Waals surface area contributed by atoms with Crippen molar-refractivity contribution >= 4 is 8.07 Å². The quantitative estimate of drug-likeness (QED) is 0.653. The Kier molecular flexibility index (Phi) is 3.65. The Morgan fingerprint density at radius 3 is 2.65 bits per heavy atom. The van der Waals surface area contributed by atoms with E-state index in [9.17, 15) is 0 Å². The fraction of sp³-hybridized carbons (Fsp3) is 0.500. The normalized spacial score (nSPS) is 15.2. The van der Waals surface area contributed by atoms with Crippen molar-refractivity contribution in [1.82, 2.24) is 10.3 Å². The van der Waals surface area contributed by atoms with Crippen molar-refractivity contribution in [2.24, 2.45) is 0 Å². The number of aromatic nitrogens is 1. The first kappa shape index (κ1) is 12.3. The fourth-order valence-corrected chi connectivity index (χ4v) is 1.92. The Morgan fingerprint density at radius 2 is 2.12 bits per heavy atom. The van der Waals surface area contributed by atoms with Crippen molar-refractivity contribution in [3.8, 4) is 11.5 Å². The van der Waals surface area contributed by atoms with Gasteiger partial charge in [0.05, 0.1) is 5.69 Å². The van der Waals surface area contributed by atoms with Crippen LogP contribution in [0.5, 0.6) is 0 Å². The molecule has 0 amide bonds. The molecule has 1 aromatic rings. The van der Waals surface area contributed by atoms with Crippen LogP contribution in [0.3, 0.4) is 0 Å². The third kappa shape index (κ3) is 4.72. The van der Waals surface area contributed by atoms with Crippen molar-refractivity contribution in [3.63, 3.8) is 0 Å². The van der Waals surface area contributed by atoms with Crippen LogP contribution in [0.1, 0.15) is 24.1 Å². The van der Waals surface area contributed by atoms with E-state index in [1.54, 1.807) is 0 Å². The minimum absolute atomic E-state index is 0.739. The lowest BCUT2D eigenvalue weighted by atomic mass is 10.2. The zero-order valence-electron chi connectivity index (χ0n) is 10.9. The number of nitrogens with one attached hydrogen (secondary N) is 1. The summed E-state index contributed by atoms with van der Waals surface area (Å²) in [7, 11) is -1.28. The van der Waals surface area contributed by atoms with Crippen LogP contribution < -0.4 is 5.32 Å². The molecule has 1 saturated carbocycles. The highest BCUT2D eigenvalue weighted by molar-refractivity contribution is 6.83. The molecule has 0 bridgehead atoms. The van der Waals surface area contributed by atoms with Crippen LogP contribution in [0.4, 0.5) is 0 Å². The summed E-state index contributed by atoms with van der Waals surface area (Å²) in [5.41, 5.74) is 5.49. The average Bonchev–Trinajstić information content (AvgIpc) is 3.08. The van der Waals surface area contributed by atoms with Crippen LogP contribution in [0.25, 0.3) is 0 Å². The van der Waals surface area contributed by atoms with Gasteiger partial charge >= 0.3 is 0 Å². The predicted octanol–water partition coefficient (Wildman–Crippen LogP) is 2.56. The Hall–Kier alpha value is -1.11. The highest BCUT2D eigenvalue weighted by Crippen LogP contribution is 2.18. The molecule has 0 atom stereocenters. The maximum atomic E-state index is 4.43. The van der Waals surface area contributed by atoms with Crippen molar-refractivity contribution in [3.05, 3.63) is 29.6 Å². The second kappa shape index (κ2) is 5.03. The Labute approximate surface area is 105 Å². The molecule has 0 unspecified atom stereocenters. The fourth-order valence-electron chi connectivity index (χ4n) is 1.40. The molecule has 0 radical (unpaired) electrons. The van der Waals surface area contributed by atoms with Gasteiger partial charge in [0.1, 0.15) is 8.07 Å². The average molecular weight is 244 g/mol. The summed E-state index contributed by atoms with van der Waals surface area (Å²) in [4.78, 5) is 4.43. The molecule has 2 rings (SSSR count). The largest absolute Gasteiger partial charge is 0.308 e. The number of pyridine rings is 1. The van der Waals surface area contributed by atoms with Gasteiger partial charge in [0.25, 0.3) is 0 Å². The molecule has 1 fully saturated rings. The Morgan fingerprint density at radius 1 is 1.35 bits per heavy atom. The van der Waals surface area contributed by atoms with Crippen LogP contribution >= 0.6 is 0 Å². The molecule has 17 heavy (non-hydrogen) atoms. The van der Waals surface area contributed by atoms with E-state index in [4.69, 9.17) is 0 Å². The van der Waals surface area contributed by atoms with Crippen LogP contribution in [0.2, 0.25) is 19.6 Å². The number of hydrogen-bond acceptors (Lipinski definition) is 2. The van der Waals surface area contributed by atoms with E-state index < -0.39 is 8.07 Å². The maximum Gasteiger partial charge on any atom is 0.129 e. The number of rotatable bonds is 3. The minimum atomic E-state index is -1.28. The topological polar surface area (TPSA) is 24.9 Å². The first-order valence-corrected chi connectivity index (χ1v) is 9.74. The number of nitrogens with zero attached hydrogens (tertiary/aromatic N) is 1. The molecule has 0 spiro atoms. The van der Waals surface area contributed by atoms with E-state index in [-0.39, 0.29) is 0 Å². The second-order valence-corrected chi connectivity index (χ2v) is 10.4. The molecular formula is C14H20N2Si. The standard InChI is InChI=1S/C14H20N2Si/c1-17(2,3)9-8-12-4-5-14(15-10-12)11-16-13-6-7-13/h4-5,10,13,16H,6-7,11H2,1-3H3. The van der Waals surface area contributed by atoms with Crippen molar-refractivity contribution < 1.29 is 0 Å². The summed E-state index contributed by atoms with van der Waals surface area (Å²) in [6.45, 7) is 7.64. The van der Waals surface area contributed by atoms with Gasteiger partial charge in [-0.3, -0.25) is 4.98 Å². The lowest BCUT2D eigenvalue weighted by Gasteiger charge is -2.04. The van der Waals surface area contributed by atoms with E-state index >= 15 is 0 Å². The van der Waals surface area contributed by atoms with Crippen LogP contribution in [-0.2, 0) is 6.54 Å². The van der Waals surface area contributed by atoms with Gasteiger partial charge in [-0.2, -0.15) is 0 Å². The molecule has 1 aliphatic rings. The molecule has 1 aromatic heterocycles. The van der Waals surface area contributed by atoms with E-state index in [0.29, 0.717) is 0 Å². The molecule has 3 heteroatoms. The van der Waals surface area contributed by atoms with E-state index in [2.05, 4.69) is 53.5 Å². The van der Waals surface area contributed by atoms with Gasteiger partial charge in [0.15, 0.2) is 0 Å². The summed E-state index contributed by atoms with van der Waals surface area (Å²) in [6.07, 6.45) is 4.52. The van der Waals surface area contributed by atoms with Gasteiger partial charge in [-0.25, -0.2) is 0 Å². The smallest absolute Gasteiger partial charge is 0.129 e. The zero-order chi connectivity index (χ0) is 12.3. The highest BCUT2D eigenvalue weighted by atomic mass is 28.3. The zero-order valence-corrected chi connectivity index (χ0v) is 11.9. The van der Waals surface area contributed by atoms with E-state index in [1.165, 1.54) is 12.8 Å². The van der Waals surface area contributed by atoms with Gasteiger partial charge in [0, 0.05) is 24.3 Å². The molecule has 1 N–H and O–H groups in total. The SMILES string of the molecule is C[Si](C)(C)C#Cc1ccc(CNC2CC2)nc1. The molecular weight excluding hydrogens is 224 g/mol. The molecule has 0 aliphatic heterocycles. The summed E-state index contributed by atoms with van der Waals surface area (Å²) >= 11 is 0. The first-order chi connectivity index (χ1) is 8.03. The Balaban J connectivity index is 1.93. The van der Waals surface area contributed by atoms with Crippen LogP contribution in [-0.4, -0.2) is 19.1 Å². The summed E-state index contributed by atoms with van der Waals surface area (Å²) in [5.74, 6) is 3.22. The second-order valence-electron chi connectivity index (χ2n) is 5.69. The van der Waals surface area contributed by atoms with Crippen LogP contribution in [0.15, 0.2) is 18.3 Å². The van der Waals surface area contributed by atoms with Crippen molar-refractivity contribution in [2.45, 2.75) is 45.1 Å². The third-order valence-electron chi connectivity index (χ3n) is 2.56. The Bertz CT molecular complexity index is 430. The molecule has 2 nitrogen and oxygen atoms in total. The molecule has 0 aromatic carbocycles. The maximum absolute atomic E-state index is 4.43. The molecule has 1 heterocycles.